The number of thiazole rings is 1. The van der Waals surface area contributed by atoms with Crippen LogP contribution in [0.25, 0.3) is 0 Å². The van der Waals surface area contributed by atoms with Crippen LogP contribution in [-0.4, -0.2) is 16.9 Å². The van der Waals surface area contributed by atoms with E-state index < -0.39 is 0 Å². The Hall–Kier alpha value is -2.21. The molecule has 0 unspecified atom stereocenters. The number of hydrogen-bond donors (Lipinski definition) is 0. The van der Waals surface area contributed by atoms with E-state index in [1.807, 2.05) is 29.6 Å². The summed E-state index contributed by atoms with van der Waals surface area (Å²) in [5.41, 5.74) is 2.48. The number of rotatable bonds is 6. The molecule has 0 saturated heterocycles. The van der Waals surface area contributed by atoms with Crippen LogP contribution in [0.1, 0.15) is 63.6 Å². The van der Waals surface area contributed by atoms with E-state index in [9.17, 15) is 9.59 Å². The first-order chi connectivity index (χ1) is 15.0. The highest BCUT2D eigenvalue weighted by atomic mass is 32.1. The Morgan fingerprint density at radius 1 is 1.10 bits per heavy atom. The molecule has 6 heteroatoms. The van der Waals surface area contributed by atoms with Gasteiger partial charge in [-0.1, -0.05) is 19.1 Å². The van der Waals surface area contributed by atoms with Gasteiger partial charge in [-0.2, -0.15) is 0 Å². The molecular weight excluding hydrogens is 408 g/mol. The van der Waals surface area contributed by atoms with E-state index in [2.05, 4.69) is 11.9 Å². The fourth-order valence-corrected chi connectivity index (χ4v) is 7.30. The Labute approximate surface area is 187 Å². The minimum atomic E-state index is -0.250. The molecule has 4 bridgehead atoms. The smallest absolute Gasteiger partial charge is 0.312 e. The fourth-order valence-electron chi connectivity index (χ4n) is 6.43. The van der Waals surface area contributed by atoms with E-state index in [-0.39, 0.29) is 23.9 Å². The van der Waals surface area contributed by atoms with Crippen molar-refractivity contribution in [1.29, 1.82) is 0 Å². The Balaban J connectivity index is 1.27. The van der Waals surface area contributed by atoms with Gasteiger partial charge in [0, 0.05) is 12.3 Å². The number of esters is 1. The highest BCUT2D eigenvalue weighted by molar-refractivity contribution is 7.14. The van der Waals surface area contributed by atoms with Gasteiger partial charge < -0.3 is 4.74 Å². The van der Waals surface area contributed by atoms with Gasteiger partial charge in [0.25, 0.3) is 0 Å². The van der Waals surface area contributed by atoms with Crippen molar-refractivity contribution in [2.45, 2.75) is 65.4 Å². The van der Waals surface area contributed by atoms with Crippen molar-refractivity contribution < 1.29 is 14.3 Å². The van der Waals surface area contributed by atoms with Gasteiger partial charge in [-0.15, -0.1) is 11.3 Å². The van der Waals surface area contributed by atoms with E-state index in [1.165, 1.54) is 36.2 Å². The van der Waals surface area contributed by atoms with Gasteiger partial charge in [0.15, 0.2) is 5.13 Å². The lowest BCUT2D eigenvalue weighted by Gasteiger charge is -2.55. The quantitative estimate of drug-likeness (QED) is 0.547. The van der Waals surface area contributed by atoms with Crippen LogP contribution in [0.5, 0.6) is 0 Å². The summed E-state index contributed by atoms with van der Waals surface area (Å²) in [5, 5.41) is 2.50. The third-order valence-electron chi connectivity index (χ3n) is 7.47. The molecule has 4 fully saturated rings. The van der Waals surface area contributed by atoms with E-state index in [1.54, 1.807) is 11.8 Å². The Kier molecular flexibility index (Phi) is 5.37. The normalized spacial score (nSPS) is 28.5. The van der Waals surface area contributed by atoms with Crippen LogP contribution >= 0.6 is 11.3 Å². The molecule has 4 aliphatic carbocycles. The van der Waals surface area contributed by atoms with Crippen LogP contribution in [0.2, 0.25) is 0 Å². The molecule has 6 rings (SSSR count). The SMILES string of the molecule is CCc1ccc(N(C(C)=O)c2nc(COC(=O)C34CC5CC(CC(C5)C3)C4)cs2)cc1. The molecule has 0 atom stereocenters. The number of amides is 1. The molecular formula is C25H30N2O3S. The Bertz CT molecular complexity index is 946. The number of hydrogen-bond acceptors (Lipinski definition) is 5. The van der Waals surface area contributed by atoms with E-state index >= 15 is 0 Å². The first-order valence-corrected chi connectivity index (χ1v) is 12.3. The molecule has 1 amide bonds. The fraction of sp³-hybridized carbons (Fsp3) is 0.560. The molecule has 4 aliphatic rings. The molecule has 0 spiro atoms. The van der Waals surface area contributed by atoms with Crippen molar-refractivity contribution in [2.75, 3.05) is 4.90 Å². The second kappa shape index (κ2) is 8.05. The Morgan fingerprint density at radius 2 is 1.71 bits per heavy atom. The van der Waals surface area contributed by atoms with Gasteiger partial charge in [-0.3, -0.25) is 14.5 Å². The van der Waals surface area contributed by atoms with Crippen molar-refractivity contribution in [3.05, 3.63) is 40.9 Å². The maximum atomic E-state index is 13.1. The average Bonchev–Trinajstić information content (AvgIpc) is 3.19. The molecule has 1 aromatic carbocycles. The van der Waals surface area contributed by atoms with Crippen LogP contribution in [0.4, 0.5) is 10.8 Å². The summed E-state index contributed by atoms with van der Waals surface area (Å²) in [6.45, 7) is 3.83. The summed E-state index contributed by atoms with van der Waals surface area (Å²) < 4.78 is 5.80. The zero-order chi connectivity index (χ0) is 21.6. The number of nitrogens with zero attached hydrogens (tertiary/aromatic N) is 2. The standard InChI is InChI=1S/C25H30N2O3S/c1-3-17-4-6-22(7-5-17)27(16(2)28)24-26-21(15-31-24)14-30-23(29)25-11-18-8-19(12-25)10-20(9-18)13-25/h4-7,15,18-20H,3,8-14H2,1-2H3. The van der Waals surface area contributed by atoms with Crippen LogP contribution < -0.4 is 4.90 Å². The summed E-state index contributed by atoms with van der Waals surface area (Å²) in [4.78, 5) is 31.7. The maximum absolute atomic E-state index is 13.1. The van der Waals surface area contributed by atoms with Crippen molar-refractivity contribution >= 4 is 34.0 Å². The zero-order valence-corrected chi connectivity index (χ0v) is 19.1. The number of anilines is 2. The van der Waals surface area contributed by atoms with Crippen LogP contribution in [0.15, 0.2) is 29.6 Å². The molecule has 0 radical (unpaired) electrons. The molecule has 5 nitrogen and oxygen atoms in total. The van der Waals surface area contributed by atoms with Gasteiger partial charge in [0.05, 0.1) is 16.8 Å². The number of aromatic nitrogens is 1. The zero-order valence-electron chi connectivity index (χ0n) is 18.3. The van der Waals surface area contributed by atoms with Gasteiger partial charge >= 0.3 is 5.97 Å². The molecule has 2 aromatic rings. The average molecular weight is 439 g/mol. The molecule has 0 N–H and O–H groups in total. The second-order valence-corrected chi connectivity index (χ2v) is 10.6. The first-order valence-electron chi connectivity index (χ1n) is 11.5. The highest BCUT2D eigenvalue weighted by Gasteiger charge is 2.55. The van der Waals surface area contributed by atoms with Crippen molar-refractivity contribution in [3.8, 4) is 0 Å². The van der Waals surface area contributed by atoms with E-state index in [4.69, 9.17) is 4.74 Å². The van der Waals surface area contributed by atoms with Gasteiger partial charge in [-0.25, -0.2) is 4.98 Å². The molecule has 1 aromatic heterocycles. The lowest BCUT2D eigenvalue weighted by molar-refractivity contribution is -0.173. The van der Waals surface area contributed by atoms with Crippen LogP contribution in [0, 0.1) is 23.2 Å². The molecule has 164 valence electrons. The number of carbonyl (C=O) groups excluding carboxylic acids is 2. The summed E-state index contributed by atoms with van der Waals surface area (Å²) in [5.74, 6) is 2.03. The van der Waals surface area contributed by atoms with Crippen molar-refractivity contribution in [3.63, 3.8) is 0 Å². The lowest BCUT2D eigenvalue weighted by atomic mass is 9.49. The summed E-state index contributed by atoms with van der Waals surface area (Å²) >= 11 is 1.40. The monoisotopic (exact) mass is 438 g/mol. The topological polar surface area (TPSA) is 59.5 Å². The summed E-state index contributed by atoms with van der Waals surface area (Å²) in [6.07, 6.45) is 7.90. The number of benzene rings is 1. The second-order valence-electron chi connectivity index (χ2n) is 9.77. The van der Waals surface area contributed by atoms with Gasteiger partial charge in [0.1, 0.15) is 6.61 Å². The van der Waals surface area contributed by atoms with E-state index in [0.29, 0.717) is 28.6 Å². The molecule has 31 heavy (non-hydrogen) atoms. The molecule has 0 aliphatic heterocycles. The van der Waals surface area contributed by atoms with Crippen molar-refractivity contribution in [1.82, 2.24) is 4.98 Å². The van der Waals surface area contributed by atoms with Crippen LogP contribution in [-0.2, 0) is 27.4 Å². The summed E-state index contributed by atoms with van der Waals surface area (Å²) in [6, 6.07) is 7.98. The van der Waals surface area contributed by atoms with Gasteiger partial charge in [0.2, 0.25) is 5.91 Å². The Morgan fingerprint density at radius 3 is 2.26 bits per heavy atom. The van der Waals surface area contributed by atoms with Gasteiger partial charge in [-0.05, 0) is 80.4 Å². The van der Waals surface area contributed by atoms with Crippen LogP contribution in [0.3, 0.4) is 0 Å². The summed E-state index contributed by atoms with van der Waals surface area (Å²) in [7, 11) is 0. The largest absolute Gasteiger partial charge is 0.459 e. The minimum absolute atomic E-state index is 0.0280. The maximum Gasteiger partial charge on any atom is 0.312 e. The minimum Gasteiger partial charge on any atom is -0.459 e. The third-order valence-corrected chi connectivity index (χ3v) is 8.35. The third kappa shape index (κ3) is 3.91. The molecule has 4 saturated carbocycles. The van der Waals surface area contributed by atoms with Crippen molar-refractivity contribution in [2.24, 2.45) is 23.2 Å². The predicted octanol–water partition coefficient (Wildman–Crippen LogP) is 5.65. The highest BCUT2D eigenvalue weighted by Crippen LogP contribution is 2.60. The first kappa shape index (κ1) is 20.7. The number of ether oxygens (including phenoxy) is 1. The number of aryl methyl sites for hydroxylation is 1. The number of carbonyl (C=O) groups is 2. The van der Waals surface area contributed by atoms with E-state index in [0.717, 1.165) is 31.4 Å². The predicted molar refractivity (Wildman–Crippen MR) is 121 cm³/mol. The molecule has 1 heterocycles. The lowest BCUT2D eigenvalue weighted by Crippen LogP contribution is -2.50.